The summed E-state index contributed by atoms with van der Waals surface area (Å²) in [6.45, 7) is 0. The molecule has 0 saturated heterocycles. The van der Waals surface area contributed by atoms with E-state index in [9.17, 15) is 10.1 Å². The van der Waals surface area contributed by atoms with Gasteiger partial charge in [0.2, 0.25) is 0 Å². The van der Waals surface area contributed by atoms with Gasteiger partial charge in [0.15, 0.2) is 0 Å². The average molecular weight is 695 g/mol. The molecule has 2 aromatic heterocycles. The van der Waals surface area contributed by atoms with Gasteiger partial charge in [0, 0.05) is 61.6 Å². The minimum atomic E-state index is -0.329. The van der Waals surface area contributed by atoms with Crippen LogP contribution < -0.4 is 5.73 Å². The first-order chi connectivity index (χ1) is 26.6. The highest BCUT2D eigenvalue weighted by Crippen LogP contribution is 2.48. The Bertz CT molecular complexity index is 3220. The summed E-state index contributed by atoms with van der Waals surface area (Å²) in [6, 6.07) is 58.1. The van der Waals surface area contributed by atoms with E-state index in [1.54, 1.807) is 12.1 Å². The highest BCUT2D eigenvalue weighted by atomic mass is 16.6. The molecule has 0 unspecified atom stereocenters. The first kappa shape index (κ1) is 30.2. The van der Waals surface area contributed by atoms with Crippen molar-refractivity contribution in [1.29, 1.82) is 0 Å². The molecule has 0 bridgehead atoms. The van der Waals surface area contributed by atoms with Gasteiger partial charge in [-0.3, -0.25) is 10.1 Å². The number of fused-ring (bicyclic) bond motifs is 16. The molecule has 254 valence electrons. The molecule has 6 heteroatoms. The number of anilines is 1. The fourth-order valence-electron chi connectivity index (χ4n) is 8.89. The lowest BCUT2D eigenvalue weighted by atomic mass is 9.93. The first-order valence-electron chi connectivity index (χ1n) is 18.0. The number of benzene rings is 8. The molecule has 0 amide bonds. The maximum absolute atomic E-state index is 11.5. The van der Waals surface area contributed by atoms with E-state index in [4.69, 9.17) is 5.73 Å². The normalized spacial score (nSPS) is 11.9. The molecule has 0 saturated carbocycles. The van der Waals surface area contributed by atoms with Gasteiger partial charge in [-0.2, -0.15) is 0 Å². The maximum Gasteiger partial charge on any atom is 0.270 e. The Morgan fingerprint density at radius 2 is 0.815 bits per heavy atom. The third-order valence-corrected chi connectivity index (χ3v) is 11.1. The third kappa shape index (κ3) is 4.16. The number of aromatic nitrogens is 2. The summed E-state index contributed by atoms with van der Waals surface area (Å²) in [5, 5.41) is 16.4. The van der Waals surface area contributed by atoms with Crippen molar-refractivity contribution in [2.45, 2.75) is 0 Å². The lowest BCUT2D eigenvalue weighted by Gasteiger charge is -2.13. The summed E-state index contributed by atoms with van der Waals surface area (Å²) in [6.07, 6.45) is 0. The van der Waals surface area contributed by atoms with Crippen molar-refractivity contribution >= 4 is 55.0 Å². The van der Waals surface area contributed by atoms with Gasteiger partial charge < -0.3 is 14.9 Å². The summed E-state index contributed by atoms with van der Waals surface area (Å²) in [5.41, 5.74) is 23.0. The molecule has 12 rings (SSSR count). The zero-order valence-corrected chi connectivity index (χ0v) is 28.9. The van der Waals surface area contributed by atoms with Crippen LogP contribution in [0.5, 0.6) is 0 Å². The van der Waals surface area contributed by atoms with Gasteiger partial charge in [0.25, 0.3) is 5.69 Å². The van der Waals surface area contributed by atoms with Gasteiger partial charge in [-0.05, 0) is 58.7 Å². The van der Waals surface area contributed by atoms with Crippen molar-refractivity contribution in [3.63, 3.8) is 0 Å². The Morgan fingerprint density at radius 3 is 1.33 bits per heavy atom. The monoisotopic (exact) mass is 694 g/mol. The number of hydrogen-bond acceptors (Lipinski definition) is 3. The Labute approximate surface area is 309 Å². The number of hydrogen-bond donors (Lipinski definition) is 1. The van der Waals surface area contributed by atoms with Gasteiger partial charge in [-0.25, -0.2) is 0 Å². The number of nitrogens with two attached hydrogens (primary N) is 1. The molecule has 2 aliphatic heterocycles. The number of nitrogens with zero attached hydrogens (tertiary/aromatic N) is 3. The largest absolute Gasteiger partial charge is 0.399 e. The molecule has 54 heavy (non-hydrogen) atoms. The number of nitrogen functional groups attached to an aromatic ring is 1. The van der Waals surface area contributed by atoms with Crippen molar-refractivity contribution in [3.05, 3.63) is 180 Å². The summed E-state index contributed by atoms with van der Waals surface area (Å²) in [4.78, 5) is 11.1. The van der Waals surface area contributed by atoms with Crippen molar-refractivity contribution in [2.75, 3.05) is 5.73 Å². The van der Waals surface area contributed by atoms with Crippen LogP contribution in [-0.2, 0) is 0 Å². The van der Waals surface area contributed by atoms with Crippen LogP contribution in [0.4, 0.5) is 11.4 Å². The summed E-state index contributed by atoms with van der Waals surface area (Å²) < 4.78 is 4.65. The van der Waals surface area contributed by atoms with Crippen LogP contribution in [0.2, 0.25) is 0 Å². The van der Waals surface area contributed by atoms with Crippen LogP contribution in [0.3, 0.4) is 0 Å². The highest BCUT2D eigenvalue weighted by Gasteiger charge is 2.26. The lowest BCUT2D eigenvalue weighted by Crippen LogP contribution is -1.97. The number of nitro groups is 1. The fraction of sp³-hybridized carbons (Fsp3) is 0. The molecule has 4 heterocycles. The molecule has 0 atom stereocenters. The van der Waals surface area contributed by atoms with Gasteiger partial charge >= 0.3 is 0 Å². The number of rotatable bonds is 1. The van der Waals surface area contributed by atoms with E-state index in [1.807, 2.05) is 36.4 Å². The predicted molar refractivity (Wildman–Crippen MR) is 221 cm³/mol. The second-order valence-electron chi connectivity index (χ2n) is 13.9. The van der Waals surface area contributed by atoms with Crippen LogP contribution in [0.25, 0.3) is 99.5 Å². The van der Waals surface area contributed by atoms with Gasteiger partial charge in [0.05, 0.1) is 38.4 Å². The van der Waals surface area contributed by atoms with Gasteiger partial charge in [-0.1, -0.05) is 121 Å². The molecule has 2 aliphatic rings. The van der Waals surface area contributed by atoms with E-state index in [0.717, 1.165) is 44.7 Å². The molecule has 0 fully saturated rings. The van der Waals surface area contributed by atoms with Crippen LogP contribution in [0.1, 0.15) is 0 Å². The molecule has 0 aliphatic carbocycles. The Morgan fingerprint density at radius 1 is 0.407 bits per heavy atom. The molecule has 6 nitrogen and oxygen atoms in total. The SMILES string of the molecule is Nc1ccc2c(c1)-c1ccccc1-c1cccc3c4ccccc4n-2c13.O=[N+]([O-])c1ccc2c(c1)-c1ccccc1-c1cccc3c4ccccc4n-2c13. The van der Waals surface area contributed by atoms with Crippen LogP contribution in [-0.4, -0.2) is 14.1 Å². The van der Waals surface area contributed by atoms with Crippen molar-refractivity contribution in [2.24, 2.45) is 0 Å². The highest BCUT2D eigenvalue weighted by molar-refractivity contribution is 6.17. The van der Waals surface area contributed by atoms with E-state index in [2.05, 4.69) is 130 Å². The van der Waals surface area contributed by atoms with Gasteiger partial charge in [0.1, 0.15) is 0 Å². The molecule has 0 spiro atoms. The Hall–Kier alpha value is -7.44. The molecule has 0 radical (unpaired) electrons. The molecule has 8 aromatic carbocycles. The molecule has 10 aromatic rings. The summed E-state index contributed by atoms with van der Waals surface area (Å²) in [5.74, 6) is 0. The fourth-order valence-corrected chi connectivity index (χ4v) is 8.89. The van der Waals surface area contributed by atoms with E-state index in [1.165, 1.54) is 60.5 Å². The van der Waals surface area contributed by atoms with Crippen molar-refractivity contribution in [1.82, 2.24) is 9.13 Å². The number of nitro benzene ring substituents is 1. The molecular weight excluding hydrogens is 665 g/mol. The van der Waals surface area contributed by atoms with Crippen molar-refractivity contribution in [3.8, 4) is 55.9 Å². The van der Waals surface area contributed by atoms with E-state index in [0.29, 0.717) is 0 Å². The Balaban J connectivity index is 0.000000127. The predicted octanol–water partition coefficient (Wildman–Crippen LogP) is 12.4. The smallest absolute Gasteiger partial charge is 0.270 e. The zero-order chi connectivity index (χ0) is 36.1. The van der Waals surface area contributed by atoms with Gasteiger partial charge in [-0.15, -0.1) is 0 Å². The van der Waals surface area contributed by atoms with Crippen LogP contribution >= 0.6 is 0 Å². The first-order valence-corrected chi connectivity index (χ1v) is 18.0. The molecule has 2 N–H and O–H groups in total. The number of non-ortho nitro benzene ring substituents is 1. The number of para-hydroxylation sites is 4. The van der Waals surface area contributed by atoms with Crippen molar-refractivity contribution < 1.29 is 4.92 Å². The van der Waals surface area contributed by atoms with Crippen LogP contribution in [0, 0.1) is 10.1 Å². The molecular formula is C48H30N4O2. The quantitative estimate of drug-likeness (QED) is 0.106. The minimum Gasteiger partial charge on any atom is -0.399 e. The Kier molecular flexibility index (Phi) is 6.31. The average Bonchev–Trinajstić information content (AvgIpc) is 3.65. The third-order valence-electron chi connectivity index (χ3n) is 11.1. The van der Waals surface area contributed by atoms with E-state index < -0.39 is 0 Å². The second-order valence-corrected chi connectivity index (χ2v) is 13.9. The minimum absolute atomic E-state index is 0.104. The zero-order valence-electron chi connectivity index (χ0n) is 28.9. The maximum atomic E-state index is 11.5. The second kappa shape index (κ2) is 11.3. The summed E-state index contributed by atoms with van der Waals surface area (Å²) in [7, 11) is 0. The lowest BCUT2D eigenvalue weighted by molar-refractivity contribution is -0.384. The standard InChI is InChI=1S/C24H14N2O2.C24H16N2/c27-26(28)15-12-13-23-21(14-15)17-7-2-1-6-16(17)19-9-5-10-20-18-8-3-4-11-22(18)25(23)24(19)20;25-15-12-13-23-21(14-15)17-7-2-1-6-16(17)19-9-5-10-20-18-8-3-4-11-22(18)26(23)24(19)20/h1-14H;1-14H,25H2. The van der Waals surface area contributed by atoms with E-state index in [-0.39, 0.29) is 10.6 Å². The van der Waals surface area contributed by atoms with E-state index >= 15 is 0 Å². The van der Waals surface area contributed by atoms with Crippen LogP contribution in [0.15, 0.2) is 170 Å². The topological polar surface area (TPSA) is 79.0 Å². The summed E-state index contributed by atoms with van der Waals surface area (Å²) >= 11 is 0.